The molecule has 0 saturated carbocycles. The predicted octanol–water partition coefficient (Wildman–Crippen LogP) is 5.09. The van der Waals surface area contributed by atoms with Crippen LogP contribution in [0.4, 0.5) is 10.5 Å². The summed E-state index contributed by atoms with van der Waals surface area (Å²) in [5.41, 5.74) is 1.83. The summed E-state index contributed by atoms with van der Waals surface area (Å²) in [6.07, 6.45) is 3.26. The largest absolute Gasteiger partial charge is 0.420 e. The molecule has 2 aromatic carbocycles. The highest BCUT2D eigenvalue weighted by Gasteiger charge is 2.34. The van der Waals surface area contributed by atoms with Crippen LogP contribution in [0.3, 0.4) is 0 Å². The third-order valence-electron chi connectivity index (χ3n) is 4.25. The Kier molecular flexibility index (Phi) is 4.84. The zero-order chi connectivity index (χ0) is 18.7. The standard InChI is InChI=1S/C20H18N2O4/c1-3-8-18-16-11-7-12-19(22(24)25)17(16)13-14(2)21(18)20(23)26-15-9-5-4-6-10-15/h3-7,9-13,18H,1,8H2,2H3. The highest BCUT2D eigenvalue weighted by molar-refractivity contribution is 5.79. The van der Waals surface area contributed by atoms with Crippen molar-refractivity contribution >= 4 is 17.9 Å². The summed E-state index contributed by atoms with van der Waals surface area (Å²) in [5, 5.41) is 11.4. The van der Waals surface area contributed by atoms with E-state index in [4.69, 9.17) is 4.74 Å². The van der Waals surface area contributed by atoms with Gasteiger partial charge in [0.2, 0.25) is 0 Å². The quantitative estimate of drug-likeness (QED) is 0.437. The maximum absolute atomic E-state index is 12.8. The van der Waals surface area contributed by atoms with Crippen LogP contribution >= 0.6 is 0 Å². The molecule has 6 nitrogen and oxygen atoms in total. The lowest BCUT2D eigenvalue weighted by Crippen LogP contribution is -2.37. The normalized spacial score (nSPS) is 15.7. The average molecular weight is 350 g/mol. The summed E-state index contributed by atoms with van der Waals surface area (Å²) in [4.78, 5) is 25.2. The number of ether oxygens (including phenoxy) is 1. The van der Waals surface area contributed by atoms with E-state index in [0.717, 1.165) is 0 Å². The number of para-hydroxylation sites is 1. The molecule has 0 spiro atoms. The first-order valence-corrected chi connectivity index (χ1v) is 8.15. The van der Waals surface area contributed by atoms with E-state index in [-0.39, 0.29) is 5.69 Å². The van der Waals surface area contributed by atoms with Crippen LogP contribution in [0, 0.1) is 10.1 Å². The number of benzene rings is 2. The maximum Gasteiger partial charge on any atom is 0.420 e. The molecule has 0 saturated heterocycles. The van der Waals surface area contributed by atoms with Crippen molar-refractivity contribution in [2.75, 3.05) is 0 Å². The molecule has 0 aromatic heterocycles. The number of amides is 1. The monoisotopic (exact) mass is 350 g/mol. The van der Waals surface area contributed by atoms with Gasteiger partial charge in [0.15, 0.2) is 0 Å². The lowest BCUT2D eigenvalue weighted by molar-refractivity contribution is -0.385. The molecular weight excluding hydrogens is 332 g/mol. The van der Waals surface area contributed by atoms with E-state index < -0.39 is 17.1 Å². The molecule has 6 heteroatoms. The molecule has 3 rings (SSSR count). The molecule has 1 aliphatic rings. The molecule has 26 heavy (non-hydrogen) atoms. The Balaban J connectivity index is 2.02. The molecule has 0 aliphatic carbocycles. The van der Waals surface area contributed by atoms with E-state index >= 15 is 0 Å². The van der Waals surface area contributed by atoms with Crippen LogP contribution in [0.15, 0.2) is 66.9 Å². The number of allylic oxidation sites excluding steroid dienone is 1. The van der Waals surface area contributed by atoms with Gasteiger partial charge in [-0.3, -0.25) is 15.0 Å². The smallest absolute Gasteiger partial charge is 0.410 e. The first kappa shape index (κ1) is 17.4. The summed E-state index contributed by atoms with van der Waals surface area (Å²) in [6, 6.07) is 13.3. The van der Waals surface area contributed by atoms with Gasteiger partial charge in [-0.1, -0.05) is 36.4 Å². The SMILES string of the molecule is C=CCC1c2cccc([N+](=O)[O-])c2C=C(C)N1C(=O)Oc1ccccc1. The van der Waals surface area contributed by atoms with Crippen molar-refractivity contribution in [3.05, 3.63) is 88.1 Å². The number of rotatable bonds is 4. The second kappa shape index (κ2) is 7.23. The third kappa shape index (κ3) is 3.21. The predicted molar refractivity (Wildman–Crippen MR) is 98.6 cm³/mol. The Morgan fingerprint density at radius 3 is 2.65 bits per heavy atom. The second-order valence-corrected chi connectivity index (χ2v) is 5.91. The molecule has 0 fully saturated rings. The van der Waals surface area contributed by atoms with E-state index in [1.807, 2.05) is 6.07 Å². The number of fused-ring (bicyclic) bond motifs is 1. The Labute approximate surface area is 151 Å². The molecule has 0 bridgehead atoms. The molecule has 1 aliphatic heterocycles. The number of nitro groups is 1. The van der Waals surface area contributed by atoms with Crippen molar-refractivity contribution in [2.45, 2.75) is 19.4 Å². The minimum Gasteiger partial charge on any atom is -0.410 e. The number of hydrogen-bond donors (Lipinski definition) is 0. The van der Waals surface area contributed by atoms with Gasteiger partial charge in [0, 0.05) is 11.8 Å². The molecule has 1 atom stereocenters. The Hall–Kier alpha value is -3.41. The molecule has 0 radical (unpaired) electrons. The Bertz CT molecular complexity index is 890. The van der Waals surface area contributed by atoms with Gasteiger partial charge in [0.05, 0.1) is 16.5 Å². The fourth-order valence-electron chi connectivity index (χ4n) is 3.14. The summed E-state index contributed by atoms with van der Waals surface area (Å²) in [7, 11) is 0. The van der Waals surface area contributed by atoms with Crippen LogP contribution in [-0.2, 0) is 0 Å². The molecule has 1 amide bonds. The van der Waals surface area contributed by atoms with Gasteiger partial charge in [-0.25, -0.2) is 4.79 Å². The van der Waals surface area contributed by atoms with E-state index in [0.29, 0.717) is 29.0 Å². The minimum atomic E-state index is -0.533. The van der Waals surface area contributed by atoms with Gasteiger partial charge in [0.1, 0.15) is 5.75 Å². The average Bonchev–Trinajstić information content (AvgIpc) is 2.62. The van der Waals surface area contributed by atoms with Gasteiger partial charge in [-0.05, 0) is 37.1 Å². The molecular formula is C20H18N2O4. The highest BCUT2D eigenvalue weighted by Crippen LogP contribution is 2.40. The molecule has 1 unspecified atom stereocenters. The van der Waals surface area contributed by atoms with Crippen LogP contribution in [0.1, 0.15) is 30.5 Å². The van der Waals surface area contributed by atoms with Gasteiger partial charge in [-0.2, -0.15) is 0 Å². The summed E-state index contributed by atoms with van der Waals surface area (Å²) in [5.74, 6) is 0.437. The number of carbonyl (C=O) groups excluding carboxylic acids is 1. The maximum atomic E-state index is 12.8. The fraction of sp³-hybridized carbons (Fsp3) is 0.150. The topological polar surface area (TPSA) is 72.7 Å². The Morgan fingerprint density at radius 1 is 1.27 bits per heavy atom. The van der Waals surface area contributed by atoms with Crippen molar-refractivity contribution in [1.29, 1.82) is 0 Å². The van der Waals surface area contributed by atoms with Crippen molar-refractivity contribution in [3.63, 3.8) is 0 Å². The van der Waals surface area contributed by atoms with Crippen molar-refractivity contribution in [3.8, 4) is 5.75 Å². The highest BCUT2D eigenvalue weighted by atomic mass is 16.6. The van der Waals surface area contributed by atoms with Gasteiger partial charge in [-0.15, -0.1) is 6.58 Å². The van der Waals surface area contributed by atoms with Crippen molar-refractivity contribution in [1.82, 2.24) is 4.90 Å². The van der Waals surface area contributed by atoms with Crippen molar-refractivity contribution < 1.29 is 14.5 Å². The Morgan fingerprint density at radius 2 is 2.00 bits per heavy atom. The van der Waals surface area contributed by atoms with Gasteiger partial charge >= 0.3 is 6.09 Å². The first-order valence-electron chi connectivity index (χ1n) is 8.15. The minimum absolute atomic E-state index is 0.0204. The number of hydrogen-bond acceptors (Lipinski definition) is 4. The van der Waals surface area contributed by atoms with Crippen LogP contribution in [0.5, 0.6) is 5.75 Å². The van der Waals surface area contributed by atoms with E-state index in [1.54, 1.807) is 55.5 Å². The molecule has 132 valence electrons. The fourth-order valence-corrected chi connectivity index (χ4v) is 3.14. The van der Waals surface area contributed by atoms with Crippen LogP contribution < -0.4 is 4.74 Å². The van der Waals surface area contributed by atoms with Crippen molar-refractivity contribution in [2.24, 2.45) is 0 Å². The van der Waals surface area contributed by atoms with Crippen LogP contribution in [0.25, 0.3) is 6.08 Å². The summed E-state index contributed by atoms with van der Waals surface area (Å²) in [6.45, 7) is 5.49. The van der Waals surface area contributed by atoms with Crippen LogP contribution in [-0.4, -0.2) is 15.9 Å². The van der Waals surface area contributed by atoms with Crippen LogP contribution in [0.2, 0.25) is 0 Å². The van der Waals surface area contributed by atoms with E-state index in [2.05, 4.69) is 6.58 Å². The zero-order valence-electron chi connectivity index (χ0n) is 14.3. The number of nitro benzene ring substituents is 1. The lowest BCUT2D eigenvalue weighted by atomic mass is 9.91. The number of nitrogens with zero attached hydrogens (tertiary/aromatic N) is 2. The van der Waals surface area contributed by atoms with Gasteiger partial charge < -0.3 is 4.74 Å². The van der Waals surface area contributed by atoms with E-state index in [9.17, 15) is 14.9 Å². The summed E-state index contributed by atoms with van der Waals surface area (Å²) >= 11 is 0. The van der Waals surface area contributed by atoms with Gasteiger partial charge in [0.25, 0.3) is 5.69 Å². The third-order valence-corrected chi connectivity index (χ3v) is 4.25. The van der Waals surface area contributed by atoms with E-state index in [1.165, 1.54) is 11.0 Å². The lowest BCUT2D eigenvalue weighted by Gasteiger charge is -2.35. The molecule has 2 aromatic rings. The molecule has 0 N–H and O–H groups in total. The first-order chi connectivity index (χ1) is 12.5. The zero-order valence-corrected chi connectivity index (χ0v) is 14.3. The molecule has 1 heterocycles. The second-order valence-electron chi connectivity index (χ2n) is 5.91. The summed E-state index contributed by atoms with van der Waals surface area (Å²) < 4.78 is 5.47. The number of carbonyl (C=O) groups is 1.